The molecule has 1 aromatic heterocycles. The summed E-state index contributed by atoms with van der Waals surface area (Å²) in [5.74, 6) is 0.0939. The third-order valence-corrected chi connectivity index (χ3v) is 3.17. The summed E-state index contributed by atoms with van der Waals surface area (Å²) in [4.78, 5) is 11.4. The number of esters is 1. The molecule has 20 heavy (non-hydrogen) atoms. The molecule has 0 atom stereocenters. The summed E-state index contributed by atoms with van der Waals surface area (Å²) in [6.45, 7) is 2.13. The predicted octanol–water partition coefficient (Wildman–Crippen LogP) is 2.04. The van der Waals surface area contributed by atoms with E-state index in [4.69, 9.17) is 14.6 Å². The van der Waals surface area contributed by atoms with E-state index in [1.54, 1.807) is 19.1 Å². The molecule has 0 saturated heterocycles. The van der Waals surface area contributed by atoms with Gasteiger partial charge in [0.25, 0.3) is 5.19 Å². The second-order valence-corrected chi connectivity index (χ2v) is 4.75. The molecule has 0 spiro atoms. The third-order valence-electron chi connectivity index (χ3n) is 2.39. The van der Waals surface area contributed by atoms with Crippen LogP contribution in [0.2, 0.25) is 0 Å². The van der Waals surface area contributed by atoms with E-state index in [1.165, 1.54) is 0 Å². The largest absolute Gasteiger partial charge is 0.461 e. The molecule has 2 rings (SSSR count). The molecule has 0 aliphatic heterocycles. The zero-order valence-corrected chi connectivity index (χ0v) is 11.7. The van der Waals surface area contributed by atoms with Crippen molar-refractivity contribution in [1.29, 1.82) is 0 Å². The summed E-state index contributed by atoms with van der Waals surface area (Å²) in [5, 5.41) is 16.8. The lowest BCUT2D eigenvalue weighted by atomic mass is 10.1. The molecular weight excluding hydrogens is 280 g/mol. The van der Waals surface area contributed by atoms with Crippen molar-refractivity contribution in [2.24, 2.45) is 0 Å². The average molecular weight is 294 g/mol. The van der Waals surface area contributed by atoms with E-state index in [2.05, 4.69) is 10.2 Å². The number of ether oxygens (including phenoxy) is 2. The van der Waals surface area contributed by atoms with Crippen LogP contribution in [0.3, 0.4) is 0 Å². The highest BCUT2D eigenvalue weighted by Crippen LogP contribution is 2.25. The van der Waals surface area contributed by atoms with Crippen molar-refractivity contribution in [3.8, 4) is 10.9 Å². The standard InChI is InChI=1S/C13H14N2O4S/c1-2-18-12(17)11-14-15-13(20-11)19-10-5-3-9(4-6-10)7-8-16/h3-6,16H,2,7-8H2,1H3. The highest BCUT2D eigenvalue weighted by molar-refractivity contribution is 7.14. The van der Waals surface area contributed by atoms with Crippen LogP contribution in [-0.2, 0) is 11.2 Å². The first-order valence-corrected chi connectivity index (χ1v) is 6.93. The van der Waals surface area contributed by atoms with Crippen LogP contribution in [0, 0.1) is 0 Å². The number of nitrogens with zero attached hydrogens (tertiary/aromatic N) is 2. The third kappa shape index (κ3) is 3.75. The summed E-state index contributed by atoms with van der Waals surface area (Å²) >= 11 is 1.03. The number of rotatable bonds is 6. The Morgan fingerprint density at radius 3 is 2.70 bits per heavy atom. The number of benzene rings is 1. The van der Waals surface area contributed by atoms with Crippen LogP contribution in [0.15, 0.2) is 24.3 Å². The van der Waals surface area contributed by atoms with E-state index in [0.717, 1.165) is 16.9 Å². The molecular formula is C13H14N2O4S. The summed E-state index contributed by atoms with van der Waals surface area (Å²) < 4.78 is 10.3. The molecule has 0 aliphatic carbocycles. The number of carbonyl (C=O) groups excluding carboxylic acids is 1. The lowest BCUT2D eigenvalue weighted by Gasteiger charge is -2.02. The number of aliphatic hydroxyl groups is 1. The second kappa shape index (κ2) is 6.97. The lowest BCUT2D eigenvalue weighted by Crippen LogP contribution is -2.03. The molecule has 6 nitrogen and oxygen atoms in total. The van der Waals surface area contributed by atoms with E-state index in [0.29, 0.717) is 18.8 Å². The second-order valence-electron chi connectivity index (χ2n) is 3.81. The molecule has 0 saturated carbocycles. The molecule has 106 valence electrons. The number of aliphatic hydroxyl groups excluding tert-OH is 1. The van der Waals surface area contributed by atoms with Crippen LogP contribution in [0.4, 0.5) is 0 Å². The summed E-state index contributed by atoms with van der Waals surface area (Å²) in [5.41, 5.74) is 1.02. The van der Waals surface area contributed by atoms with Crippen molar-refractivity contribution >= 4 is 17.3 Å². The van der Waals surface area contributed by atoms with Gasteiger partial charge in [-0.3, -0.25) is 0 Å². The van der Waals surface area contributed by atoms with E-state index in [-0.39, 0.29) is 16.8 Å². The maximum absolute atomic E-state index is 11.4. The smallest absolute Gasteiger partial charge is 0.369 e. The average Bonchev–Trinajstić information content (AvgIpc) is 2.90. The monoisotopic (exact) mass is 294 g/mol. The van der Waals surface area contributed by atoms with E-state index >= 15 is 0 Å². The van der Waals surface area contributed by atoms with Gasteiger partial charge in [-0.2, -0.15) is 0 Å². The van der Waals surface area contributed by atoms with Crippen LogP contribution in [0.5, 0.6) is 10.9 Å². The first-order chi connectivity index (χ1) is 9.72. The van der Waals surface area contributed by atoms with E-state index < -0.39 is 5.97 Å². The van der Waals surface area contributed by atoms with Gasteiger partial charge in [0.1, 0.15) is 5.75 Å². The Labute approximate surface area is 120 Å². The van der Waals surface area contributed by atoms with Gasteiger partial charge in [-0.05, 0) is 42.4 Å². The number of aromatic nitrogens is 2. The normalized spacial score (nSPS) is 10.3. The van der Waals surface area contributed by atoms with Gasteiger partial charge in [-0.1, -0.05) is 17.2 Å². The van der Waals surface area contributed by atoms with Gasteiger partial charge < -0.3 is 14.6 Å². The van der Waals surface area contributed by atoms with Crippen LogP contribution in [0.25, 0.3) is 0 Å². The fourth-order valence-corrected chi connectivity index (χ4v) is 2.09. The van der Waals surface area contributed by atoms with Crippen molar-refractivity contribution in [3.63, 3.8) is 0 Å². The molecule has 0 amide bonds. The van der Waals surface area contributed by atoms with E-state index in [1.807, 2.05) is 12.1 Å². The van der Waals surface area contributed by atoms with Crippen LogP contribution in [-0.4, -0.2) is 34.5 Å². The van der Waals surface area contributed by atoms with Crippen molar-refractivity contribution in [1.82, 2.24) is 10.2 Å². The van der Waals surface area contributed by atoms with Crippen LogP contribution >= 0.6 is 11.3 Å². The van der Waals surface area contributed by atoms with Gasteiger partial charge in [0.2, 0.25) is 5.01 Å². The minimum atomic E-state index is -0.502. The van der Waals surface area contributed by atoms with Gasteiger partial charge in [-0.15, -0.1) is 5.10 Å². The highest BCUT2D eigenvalue weighted by Gasteiger charge is 2.14. The zero-order chi connectivity index (χ0) is 14.4. The Bertz CT molecular complexity index is 568. The fraction of sp³-hybridized carbons (Fsp3) is 0.308. The van der Waals surface area contributed by atoms with Gasteiger partial charge in [0, 0.05) is 6.61 Å². The topological polar surface area (TPSA) is 81.5 Å². The van der Waals surface area contributed by atoms with Gasteiger partial charge in [0.15, 0.2) is 0 Å². The van der Waals surface area contributed by atoms with Crippen LogP contribution < -0.4 is 4.74 Å². The number of hydrogen-bond donors (Lipinski definition) is 1. The van der Waals surface area contributed by atoms with E-state index in [9.17, 15) is 4.79 Å². The van der Waals surface area contributed by atoms with Crippen LogP contribution in [0.1, 0.15) is 22.3 Å². The molecule has 0 fully saturated rings. The Balaban J connectivity index is 2.01. The lowest BCUT2D eigenvalue weighted by molar-refractivity contribution is 0.0525. The highest BCUT2D eigenvalue weighted by atomic mass is 32.1. The number of hydrogen-bond acceptors (Lipinski definition) is 7. The van der Waals surface area contributed by atoms with Crippen molar-refractivity contribution < 1.29 is 19.4 Å². The molecule has 0 radical (unpaired) electrons. The fourth-order valence-electron chi connectivity index (χ4n) is 1.48. The Morgan fingerprint density at radius 2 is 2.05 bits per heavy atom. The molecule has 1 N–H and O–H groups in total. The summed E-state index contributed by atoms with van der Waals surface area (Å²) in [6.07, 6.45) is 0.603. The number of carbonyl (C=O) groups is 1. The minimum absolute atomic E-state index is 0.111. The maximum Gasteiger partial charge on any atom is 0.369 e. The molecule has 0 bridgehead atoms. The Kier molecular flexibility index (Phi) is 5.03. The molecule has 1 heterocycles. The molecule has 0 unspecified atom stereocenters. The quantitative estimate of drug-likeness (QED) is 0.821. The van der Waals surface area contributed by atoms with Crippen molar-refractivity contribution in [3.05, 3.63) is 34.8 Å². The van der Waals surface area contributed by atoms with Crippen molar-refractivity contribution in [2.75, 3.05) is 13.2 Å². The molecule has 0 aliphatic rings. The SMILES string of the molecule is CCOC(=O)c1nnc(Oc2ccc(CCO)cc2)s1. The minimum Gasteiger partial charge on any atom is -0.461 e. The summed E-state index contributed by atoms with van der Waals surface area (Å²) in [6, 6.07) is 7.27. The Hall–Kier alpha value is -1.99. The zero-order valence-electron chi connectivity index (χ0n) is 10.9. The van der Waals surface area contributed by atoms with Gasteiger partial charge >= 0.3 is 5.97 Å². The summed E-state index contributed by atoms with van der Waals surface area (Å²) in [7, 11) is 0. The first-order valence-electron chi connectivity index (χ1n) is 6.11. The van der Waals surface area contributed by atoms with Gasteiger partial charge in [-0.25, -0.2) is 4.79 Å². The first kappa shape index (κ1) is 14.4. The van der Waals surface area contributed by atoms with Crippen molar-refractivity contribution in [2.45, 2.75) is 13.3 Å². The predicted molar refractivity (Wildman–Crippen MR) is 73.2 cm³/mol. The maximum atomic E-state index is 11.4. The molecule has 2 aromatic rings. The molecule has 7 heteroatoms. The Morgan fingerprint density at radius 1 is 1.30 bits per heavy atom. The van der Waals surface area contributed by atoms with Gasteiger partial charge in [0.05, 0.1) is 6.61 Å². The molecule has 1 aromatic carbocycles.